The minimum atomic E-state index is -0.459. The Morgan fingerprint density at radius 3 is 2.49 bits per heavy atom. The van der Waals surface area contributed by atoms with Gasteiger partial charge in [-0.25, -0.2) is 4.98 Å². The van der Waals surface area contributed by atoms with Crippen molar-refractivity contribution in [3.05, 3.63) is 75.5 Å². The molecule has 1 aromatic heterocycles. The lowest BCUT2D eigenvalue weighted by molar-refractivity contribution is -0.384. The number of carbonyl (C=O) groups excluding carboxylic acids is 1. The maximum Gasteiger partial charge on any atom is 0.329 e. The fourth-order valence-electron chi connectivity index (χ4n) is 5.12. The molecule has 206 valence electrons. The van der Waals surface area contributed by atoms with Crippen LogP contribution in [-0.4, -0.2) is 33.9 Å². The summed E-state index contributed by atoms with van der Waals surface area (Å²) in [5.74, 6) is 1.44. The van der Waals surface area contributed by atoms with Gasteiger partial charge in [0.05, 0.1) is 4.92 Å². The Morgan fingerprint density at radius 2 is 1.79 bits per heavy atom. The SMILES string of the molecule is CC(=O)NCC1CCC(CNc2nc(NCc3cccc(-c4cccc(CN)c4)c3C)ncc2[N+](=O)[O-])CC1. The maximum atomic E-state index is 11.6. The number of amides is 1. The Kier molecular flexibility index (Phi) is 9.43. The molecule has 1 aliphatic carbocycles. The van der Waals surface area contributed by atoms with Gasteiger partial charge in [0, 0.05) is 33.1 Å². The fraction of sp³-hybridized carbons (Fsp3) is 0.414. The van der Waals surface area contributed by atoms with Crippen LogP contribution in [-0.2, 0) is 17.9 Å². The molecule has 1 fully saturated rings. The molecule has 3 aromatic rings. The molecule has 4 rings (SSSR count). The van der Waals surface area contributed by atoms with Gasteiger partial charge in [0.25, 0.3) is 0 Å². The van der Waals surface area contributed by atoms with E-state index in [1.54, 1.807) is 0 Å². The van der Waals surface area contributed by atoms with Crippen LogP contribution in [0.1, 0.15) is 49.3 Å². The highest BCUT2D eigenvalue weighted by Crippen LogP contribution is 2.30. The number of rotatable bonds is 11. The number of anilines is 2. The summed E-state index contributed by atoms with van der Waals surface area (Å²) in [4.78, 5) is 31.0. The largest absolute Gasteiger partial charge is 0.364 e. The van der Waals surface area contributed by atoms with Crippen molar-refractivity contribution >= 4 is 23.4 Å². The predicted molar refractivity (Wildman–Crippen MR) is 153 cm³/mol. The van der Waals surface area contributed by atoms with Crippen LogP contribution in [0, 0.1) is 28.9 Å². The van der Waals surface area contributed by atoms with Crippen LogP contribution in [0.4, 0.5) is 17.5 Å². The molecule has 1 amide bonds. The van der Waals surface area contributed by atoms with Crippen LogP contribution >= 0.6 is 0 Å². The van der Waals surface area contributed by atoms with E-state index in [4.69, 9.17) is 5.73 Å². The van der Waals surface area contributed by atoms with E-state index < -0.39 is 4.92 Å². The lowest BCUT2D eigenvalue weighted by Gasteiger charge is -2.28. The van der Waals surface area contributed by atoms with Gasteiger partial charge in [0.15, 0.2) is 0 Å². The van der Waals surface area contributed by atoms with E-state index in [0.29, 0.717) is 44.0 Å². The minimum Gasteiger partial charge on any atom is -0.364 e. The van der Waals surface area contributed by atoms with Crippen LogP contribution in [0.25, 0.3) is 11.1 Å². The molecule has 10 heteroatoms. The number of nitrogens with zero attached hydrogens (tertiary/aromatic N) is 3. The summed E-state index contributed by atoms with van der Waals surface area (Å²) in [5.41, 5.74) is 11.2. The number of benzene rings is 2. The highest BCUT2D eigenvalue weighted by molar-refractivity contribution is 5.72. The van der Waals surface area contributed by atoms with E-state index in [1.165, 1.54) is 13.1 Å². The summed E-state index contributed by atoms with van der Waals surface area (Å²) in [7, 11) is 0. The number of nitrogens with one attached hydrogen (secondary N) is 3. The highest BCUT2D eigenvalue weighted by Gasteiger charge is 2.23. The molecule has 0 saturated heterocycles. The van der Waals surface area contributed by atoms with Gasteiger partial charge in [-0.05, 0) is 78.3 Å². The van der Waals surface area contributed by atoms with E-state index in [2.05, 4.69) is 51.0 Å². The second kappa shape index (κ2) is 13.1. The van der Waals surface area contributed by atoms with Crippen molar-refractivity contribution in [1.82, 2.24) is 15.3 Å². The molecule has 0 unspecified atom stereocenters. The van der Waals surface area contributed by atoms with E-state index in [1.807, 2.05) is 24.3 Å². The molecule has 1 saturated carbocycles. The number of hydrogen-bond donors (Lipinski definition) is 4. The molecular weight excluding hydrogens is 494 g/mol. The molecule has 0 atom stereocenters. The Morgan fingerprint density at radius 1 is 1.08 bits per heavy atom. The standard InChI is InChI=1S/C29H37N7O3/c1-19-25(7-4-8-26(19)24-6-3-5-23(13-24)14-30)17-33-29-34-18-27(36(38)39)28(35-29)32-16-22-11-9-21(10-12-22)15-31-20(2)37/h3-8,13,18,21-22H,9-12,14-17,30H2,1-2H3,(H,31,37)(H2,32,33,34,35). The summed E-state index contributed by atoms with van der Waals surface area (Å²) in [6.07, 6.45) is 5.32. The van der Waals surface area contributed by atoms with E-state index in [9.17, 15) is 14.9 Å². The first-order valence-electron chi connectivity index (χ1n) is 13.5. The average Bonchev–Trinajstić information content (AvgIpc) is 2.95. The molecular formula is C29H37N7O3. The van der Waals surface area contributed by atoms with Crippen molar-refractivity contribution < 1.29 is 9.72 Å². The Bertz CT molecular complexity index is 1310. The third-order valence-corrected chi connectivity index (χ3v) is 7.49. The quantitative estimate of drug-likeness (QED) is 0.204. The minimum absolute atomic E-state index is 0.000522. The van der Waals surface area contributed by atoms with Gasteiger partial charge in [-0.2, -0.15) is 4.98 Å². The zero-order chi connectivity index (χ0) is 27.8. The van der Waals surface area contributed by atoms with Gasteiger partial charge >= 0.3 is 5.69 Å². The molecule has 1 heterocycles. The lowest BCUT2D eigenvalue weighted by atomic mass is 9.82. The topological polar surface area (TPSA) is 148 Å². The predicted octanol–water partition coefficient (Wildman–Crippen LogP) is 4.79. The second-order valence-electron chi connectivity index (χ2n) is 10.2. The first-order valence-corrected chi connectivity index (χ1v) is 13.5. The normalized spacial score (nSPS) is 16.9. The van der Waals surface area contributed by atoms with Crippen molar-refractivity contribution in [3.8, 4) is 11.1 Å². The lowest BCUT2D eigenvalue weighted by Crippen LogP contribution is -2.30. The van der Waals surface area contributed by atoms with E-state index in [-0.39, 0.29) is 17.4 Å². The molecule has 10 nitrogen and oxygen atoms in total. The number of hydrogen-bond acceptors (Lipinski definition) is 8. The molecule has 0 bridgehead atoms. The monoisotopic (exact) mass is 531 g/mol. The summed E-state index contributed by atoms with van der Waals surface area (Å²) in [6.45, 7) is 5.90. The van der Waals surface area contributed by atoms with Gasteiger partial charge in [-0.3, -0.25) is 14.9 Å². The fourth-order valence-corrected chi connectivity index (χ4v) is 5.12. The third-order valence-electron chi connectivity index (χ3n) is 7.49. The zero-order valence-electron chi connectivity index (χ0n) is 22.6. The second-order valence-corrected chi connectivity index (χ2v) is 10.2. The van der Waals surface area contributed by atoms with Crippen LogP contribution < -0.4 is 21.7 Å². The smallest absolute Gasteiger partial charge is 0.329 e. The van der Waals surface area contributed by atoms with Gasteiger partial charge < -0.3 is 21.7 Å². The van der Waals surface area contributed by atoms with Gasteiger partial charge in [0.2, 0.25) is 17.7 Å². The number of carbonyl (C=O) groups is 1. The van der Waals surface area contributed by atoms with Gasteiger partial charge in [0.1, 0.15) is 6.20 Å². The average molecular weight is 532 g/mol. The van der Waals surface area contributed by atoms with Crippen molar-refractivity contribution in [2.45, 2.75) is 52.6 Å². The van der Waals surface area contributed by atoms with Crippen molar-refractivity contribution in [2.24, 2.45) is 17.6 Å². The Hall–Kier alpha value is -4.05. The van der Waals surface area contributed by atoms with Gasteiger partial charge in [-0.1, -0.05) is 36.4 Å². The Balaban J connectivity index is 1.40. The van der Waals surface area contributed by atoms with Crippen LogP contribution in [0.5, 0.6) is 0 Å². The first kappa shape index (κ1) is 28.0. The zero-order valence-corrected chi connectivity index (χ0v) is 22.6. The van der Waals surface area contributed by atoms with Crippen LogP contribution in [0.3, 0.4) is 0 Å². The molecule has 1 aliphatic rings. The number of nitrogens with two attached hydrogens (primary N) is 1. The summed E-state index contributed by atoms with van der Waals surface area (Å²) >= 11 is 0. The van der Waals surface area contributed by atoms with E-state index in [0.717, 1.165) is 53.5 Å². The first-order chi connectivity index (χ1) is 18.8. The summed E-state index contributed by atoms with van der Waals surface area (Å²) in [6, 6.07) is 14.4. The van der Waals surface area contributed by atoms with Crippen molar-refractivity contribution in [3.63, 3.8) is 0 Å². The van der Waals surface area contributed by atoms with Crippen molar-refractivity contribution in [1.29, 1.82) is 0 Å². The van der Waals surface area contributed by atoms with Gasteiger partial charge in [-0.15, -0.1) is 0 Å². The number of nitro groups is 1. The highest BCUT2D eigenvalue weighted by atomic mass is 16.6. The Labute approximate surface area is 229 Å². The van der Waals surface area contributed by atoms with Crippen molar-refractivity contribution in [2.75, 3.05) is 23.7 Å². The van der Waals surface area contributed by atoms with Crippen LogP contribution in [0.2, 0.25) is 0 Å². The molecule has 39 heavy (non-hydrogen) atoms. The van der Waals surface area contributed by atoms with E-state index >= 15 is 0 Å². The molecule has 0 radical (unpaired) electrons. The molecule has 0 spiro atoms. The molecule has 2 aromatic carbocycles. The maximum absolute atomic E-state index is 11.6. The summed E-state index contributed by atoms with van der Waals surface area (Å²) in [5, 5.41) is 21.0. The summed E-state index contributed by atoms with van der Waals surface area (Å²) < 4.78 is 0. The molecule has 5 N–H and O–H groups in total. The van der Waals surface area contributed by atoms with Crippen LogP contribution in [0.15, 0.2) is 48.7 Å². The molecule has 0 aliphatic heterocycles. The number of aromatic nitrogens is 2. The third kappa shape index (κ3) is 7.51.